The number of ether oxygens (including phenoxy) is 1. The molecule has 0 unspecified atom stereocenters. The van der Waals surface area contributed by atoms with Crippen molar-refractivity contribution in [3.05, 3.63) is 58.9 Å². The lowest BCUT2D eigenvalue weighted by Crippen LogP contribution is -2.30. The fraction of sp³-hybridized carbons (Fsp3) is 0.188. The number of hydrogen-bond acceptors (Lipinski definition) is 2. The zero-order valence-corrected chi connectivity index (χ0v) is 13.8. The van der Waals surface area contributed by atoms with Gasteiger partial charge in [-0.15, -0.1) is 0 Å². The van der Waals surface area contributed by atoms with E-state index in [0.717, 1.165) is 11.3 Å². The van der Waals surface area contributed by atoms with Gasteiger partial charge >= 0.3 is 0 Å². The summed E-state index contributed by atoms with van der Waals surface area (Å²) in [6.45, 7) is 1.95. The van der Waals surface area contributed by atoms with Crippen LogP contribution in [0.3, 0.4) is 0 Å². The highest BCUT2D eigenvalue weighted by atomic mass is 35.5. The molecule has 0 aliphatic carbocycles. The van der Waals surface area contributed by atoms with Crippen molar-refractivity contribution in [1.82, 2.24) is 5.32 Å². The highest BCUT2D eigenvalue weighted by Gasteiger charge is 2.08. The first-order valence-electron chi connectivity index (χ1n) is 6.66. The van der Waals surface area contributed by atoms with Gasteiger partial charge in [-0.3, -0.25) is 0 Å². The van der Waals surface area contributed by atoms with Gasteiger partial charge in [0.05, 0.1) is 18.2 Å². The molecule has 116 valence electrons. The van der Waals surface area contributed by atoms with Gasteiger partial charge in [0.1, 0.15) is 11.6 Å². The molecule has 0 spiro atoms. The van der Waals surface area contributed by atoms with Gasteiger partial charge in [-0.05, 0) is 55.0 Å². The lowest BCUT2D eigenvalue weighted by atomic mass is 10.1. The van der Waals surface area contributed by atoms with E-state index in [1.54, 1.807) is 31.4 Å². The lowest BCUT2D eigenvalue weighted by Gasteiger charge is -2.17. The first-order chi connectivity index (χ1) is 10.5. The largest absolute Gasteiger partial charge is 0.495 e. The molecule has 0 radical (unpaired) electrons. The van der Waals surface area contributed by atoms with Crippen molar-refractivity contribution >= 4 is 34.6 Å². The fourth-order valence-corrected chi connectivity index (χ4v) is 2.50. The molecule has 0 aliphatic heterocycles. The van der Waals surface area contributed by atoms with Crippen LogP contribution < -0.4 is 15.4 Å². The molecule has 0 saturated heterocycles. The summed E-state index contributed by atoms with van der Waals surface area (Å²) in [5, 5.41) is 7.15. The normalized spacial score (nSPS) is 11.6. The molecule has 6 heteroatoms. The Labute approximate surface area is 139 Å². The molecule has 22 heavy (non-hydrogen) atoms. The summed E-state index contributed by atoms with van der Waals surface area (Å²) in [6, 6.07) is 11.6. The maximum absolute atomic E-state index is 12.9. The third kappa shape index (κ3) is 4.32. The standard InChI is InChI=1S/C16H16ClFN2OS/c1-10(11-3-5-12(18)6-4-11)19-16(22)20-13-7-8-15(21-2)14(17)9-13/h3-10H,1-2H3,(H2,19,20,22)/t10-/m1/s1. The Hall–Kier alpha value is -1.85. The van der Waals surface area contributed by atoms with Crippen LogP contribution in [0.2, 0.25) is 5.02 Å². The highest BCUT2D eigenvalue weighted by Crippen LogP contribution is 2.27. The third-order valence-electron chi connectivity index (χ3n) is 3.13. The van der Waals surface area contributed by atoms with E-state index >= 15 is 0 Å². The Morgan fingerprint density at radius 3 is 2.50 bits per heavy atom. The van der Waals surface area contributed by atoms with Gasteiger partial charge in [0, 0.05) is 5.69 Å². The predicted molar refractivity (Wildman–Crippen MR) is 92.2 cm³/mol. The van der Waals surface area contributed by atoms with Crippen molar-refractivity contribution in [2.45, 2.75) is 13.0 Å². The van der Waals surface area contributed by atoms with E-state index in [0.29, 0.717) is 15.9 Å². The number of thiocarbonyl (C=S) groups is 1. The van der Waals surface area contributed by atoms with E-state index in [-0.39, 0.29) is 11.9 Å². The Balaban J connectivity index is 1.97. The molecule has 2 N–H and O–H groups in total. The molecular formula is C16H16ClFN2OS. The van der Waals surface area contributed by atoms with Crippen molar-refractivity contribution in [3.63, 3.8) is 0 Å². The van der Waals surface area contributed by atoms with E-state index < -0.39 is 0 Å². The van der Waals surface area contributed by atoms with E-state index in [9.17, 15) is 4.39 Å². The van der Waals surface area contributed by atoms with Gasteiger partial charge in [-0.1, -0.05) is 23.7 Å². The van der Waals surface area contributed by atoms with Crippen molar-refractivity contribution in [2.24, 2.45) is 0 Å². The Bertz CT molecular complexity index is 664. The first kappa shape index (κ1) is 16.5. The Morgan fingerprint density at radius 1 is 1.23 bits per heavy atom. The van der Waals surface area contributed by atoms with Crippen LogP contribution in [0.5, 0.6) is 5.75 Å². The smallest absolute Gasteiger partial charge is 0.171 e. The third-order valence-corrected chi connectivity index (χ3v) is 3.64. The molecule has 1 atom stereocenters. The summed E-state index contributed by atoms with van der Waals surface area (Å²) >= 11 is 11.3. The highest BCUT2D eigenvalue weighted by molar-refractivity contribution is 7.80. The fourth-order valence-electron chi connectivity index (χ4n) is 1.94. The van der Waals surface area contributed by atoms with Gasteiger partial charge < -0.3 is 15.4 Å². The number of benzene rings is 2. The quantitative estimate of drug-likeness (QED) is 0.802. The molecule has 0 heterocycles. The van der Waals surface area contributed by atoms with Gasteiger partial charge in [0.2, 0.25) is 0 Å². The van der Waals surface area contributed by atoms with Crippen LogP contribution in [0, 0.1) is 5.82 Å². The number of methoxy groups -OCH3 is 1. The Kier molecular flexibility index (Phi) is 5.57. The van der Waals surface area contributed by atoms with Crippen LogP contribution in [-0.2, 0) is 0 Å². The summed E-state index contributed by atoms with van der Waals surface area (Å²) in [4.78, 5) is 0. The van der Waals surface area contributed by atoms with E-state index in [1.807, 2.05) is 13.0 Å². The van der Waals surface area contributed by atoms with Crippen LogP contribution >= 0.6 is 23.8 Å². The van der Waals surface area contributed by atoms with Gasteiger partial charge in [-0.2, -0.15) is 0 Å². The van der Waals surface area contributed by atoms with E-state index in [2.05, 4.69) is 10.6 Å². The van der Waals surface area contributed by atoms with Crippen molar-refractivity contribution in [2.75, 3.05) is 12.4 Å². The minimum Gasteiger partial charge on any atom is -0.495 e. The zero-order valence-electron chi connectivity index (χ0n) is 12.2. The topological polar surface area (TPSA) is 33.3 Å². The molecule has 2 rings (SSSR count). The molecule has 0 amide bonds. The van der Waals surface area contributed by atoms with Crippen LogP contribution in [0.1, 0.15) is 18.5 Å². The SMILES string of the molecule is COc1ccc(NC(=S)N[C@H](C)c2ccc(F)cc2)cc1Cl. The molecule has 2 aromatic carbocycles. The molecule has 0 aliphatic rings. The number of rotatable bonds is 4. The van der Waals surface area contributed by atoms with Gasteiger partial charge in [0.15, 0.2) is 5.11 Å². The van der Waals surface area contributed by atoms with Crippen LogP contribution in [-0.4, -0.2) is 12.2 Å². The molecule has 0 bridgehead atoms. The maximum Gasteiger partial charge on any atom is 0.171 e. The van der Waals surface area contributed by atoms with Crippen LogP contribution in [0.15, 0.2) is 42.5 Å². The van der Waals surface area contributed by atoms with Crippen LogP contribution in [0.25, 0.3) is 0 Å². The van der Waals surface area contributed by atoms with E-state index in [1.165, 1.54) is 12.1 Å². The number of anilines is 1. The zero-order chi connectivity index (χ0) is 16.1. The molecular weight excluding hydrogens is 323 g/mol. The average Bonchev–Trinajstić information content (AvgIpc) is 2.48. The molecule has 0 aromatic heterocycles. The number of halogens is 2. The van der Waals surface area contributed by atoms with Crippen molar-refractivity contribution in [3.8, 4) is 5.75 Å². The second-order valence-electron chi connectivity index (χ2n) is 4.72. The second-order valence-corrected chi connectivity index (χ2v) is 5.54. The van der Waals surface area contributed by atoms with Crippen molar-refractivity contribution < 1.29 is 9.13 Å². The molecule has 0 saturated carbocycles. The minimum absolute atomic E-state index is 0.0469. The summed E-state index contributed by atoms with van der Waals surface area (Å²) in [6.07, 6.45) is 0. The molecule has 2 aromatic rings. The summed E-state index contributed by atoms with van der Waals surface area (Å²) in [7, 11) is 1.56. The predicted octanol–water partition coefficient (Wildman–Crippen LogP) is 4.54. The molecule has 0 fully saturated rings. The monoisotopic (exact) mass is 338 g/mol. The summed E-state index contributed by atoms with van der Waals surface area (Å²) in [5.41, 5.74) is 1.70. The first-order valence-corrected chi connectivity index (χ1v) is 7.44. The number of hydrogen-bond donors (Lipinski definition) is 2. The van der Waals surface area contributed by atoms with E-state index in [4.69, 9.17) is 28.6 Å². The van der Waals surface area contributed by atoms with Gasteiger partial charge in [-0.25, -0.2) is 4.39 Å². The molecule has 3 nitrogen and oxygen atoms in total. The Morgan fingerprint density at radius 2 is 1.91 bits per heavy atom. The second kappa shape index (κ2) is 7.42. The van der Waals surface area contributed by atoms with Crippen LogP contribution in [0.4, 0.5) is 10.1 Å². The average molecular weight is 339 g/mol. The lowest BCUT2D eigenvalue weighted by molar-refractivity contribution is 0.415. The summed E-state index contributed by atoms with van der Waals surface area (Å²) in [5.74, 6) is 0.343. The van der Waals surface area contributed by atoms with Crippen molar-refractivity contribution in [1.29, 1.82) is 0 Å². The maximum atomic E-state index is 12.9. The number of nitrogens with one attached hydrogen (secondary N) is 2. The summed E-state index contributed by atoms with van der Waals surface area (Å²) < 4.78 is 18.0. The van der Waals surface area contributed by atoms with Gasteiger partial charge in [0.25, 0.3) is 0 Å². The minimum atomic E-state index is -0.260.